The maximum atomic E-state index is 12.2. The van der Waals surface area contributed by atoms with Gasteiger partial charge in [-0.3, -0.25) is 9.69 Å². The van der Waals surface area contributed by atoms with Crippen molar-refractivity contribution in [2.45, 2.75) is 44.8 Å². The van der Waals surface area contributed by atoms with Gasteiger partial charge in [-0.05, 0) is 37.7 Å². The summed E-state index contributed by atoms with van der Waals surface area (Å²) < 4.78 is 5.27. The molecule has 102 valence electrons. The third-order valence-electron chi connectivity index (χ3n) is 4.45. The van der Waals surface area contributed by atoms with E-state index in [0.717, 1.165) is 13.0 Å². The molecular formula is C16H21NO2. The second-order valence-electron chi connectivity index (χ2n) is 5.58. The summed E-state index contributed by atoms with van der Waals surface area (Å²) >= 11 is 0. The predicted molar refractivity (Wildman–Crippen MR) is 73.5 cm³/mol. The first-order chi connectivity index (χ1) is 9.29. The Hall–Kier alpha value is -1.35. The number of carbonyl (C=O) groups excluding carboxylic acids is 1. The van der Waals surface area contributed by atoms with E-state index < -0.39 is 0 Å². The van der Waals surface area contributed by atoms with Crippen LogP contribution in [0.15, 0.2) is 30.3 Å². The molecule has 2 aliphatic rings. The van der Waals surface area contributed by atoms with Crippen LogP contribution < -0.4 is 0 Å². The maximum Gasteiger partial charge on any atom is 0.323 e. The number of likely N-dealkylation sites (tertiary alicyclic amines) is 1. The van der Waals surface area contributed by atoms with Gasteiger partial charge < -0.3 is 4.74 Å². The monoisotopic (exact) mass is 259 g/mol. The molecule has 3 atom stereocenters. The summed E-state index contributed by atoms with van der Waals surface area (Å²) in [5.74, 6) is 0.485. The minimum Gasteiger partial charge on any atom is -0.465 e. The molecule has 0 radical (unpaired) electrons. The number of nitrogens with zero attached hydrogens (tertiary/aromatic N) is 1. The minimum atomic E-state index is -0.0226. The minimum absolute atomic E-state index is 0.0149. The van der Waals surface area contributed by atoms with Crippen LogP contribution in [-0.2, 0) is 16.1 Å². The number of carbonyl (C=O) groups is 1. The molecule has 1 aliphatic heterocycles. The molecule has 1 saturated carbocycles. The number of rotatable bonds is 4. The summed E-state index contributed by atoms with van der Waals surface area (Å²) in [7, 11) is 0. The van der Waals surface area contributed by atoms with E-state index in [1.807, 2.05) is 13.0 Å². The first-order valence-corrected chi connectivity index (χ1v) is 7.26. The number of piperidine rings is 1. The largest absolute Gasteiger partial charge is 0.465 e. The van der Waals surface area contributed by atoms with Crippen LogP contribution in [0.5, 0.6) is 0 Å². The molecule has 0 N–H and O–H groups in total. The molecule has 0 unspecified atom stereocenters. The lowest BCUT2D eigenvalue weighted by molar-refractivity contribution is -0.151. The Morgan fingerprint density at radius 1 is 1.32 bits per heavy atom. The van der Waals surface area contributed by atoms with Crippen LogP contribution in [0.2, 0.25) is 0 Å². The van der Waals surface area contributed by atoms with Gasteiger partial charge in [-0.1, -0.05) is 30.3 Å². The van der Waals surface area contributed by atoms with Crippen molar-refractivity contribution in [3.63, 3.8) is 0 Å². The van der Waals surface area contributed by atoms with Gasteiger partial charge in [0.1, 0.15) is 6.04 Å². The Morgan fingerprint density at radius 2 is 2.11 bits per heavy atom. The molecule has 2 fully saturated rings. The highest BCUT2D eigenvalue weighted by Crippen LogP contribution is 2.43. The van der Waals surface area contributed by atoms with Crippen LogP contribution in [0.4, 0.5) is 0 Å². The van der Waals surface area contributed by atoms with Gasteiger partial charge in [0, 0.05) is 12.6 Å². The number of hydrogen-bond donors (Lipinski definition) is 0. The van der Waals surface area contributed by atoms with Crippen molar-refractivity contribution >= 4 is 5.97 Å². The summed E-state index contributed by atoms with van der Waals surface area (Å²) in [6.07, 6.45) is 3.57. The lowest BCUT2D eigenvalue weighted by atomic mass is 9.98. The van der Waals surface area contributed by atoms with Gasteiger partial charge in [0.2, 0.25) is 0 Å². The lowest BCUT2D eigenvalue weighted by Gasteiger charge is -2.33. The van der Waals surface area contributed by atoms with Gasteiger partial charge >= 0.3 is 5.97 Å². The van der Waals surface area contributed by atoms with Crippen molar-refractivity contribution in [3.8, 4) is 0 Å². The Balaban J connectivity index is 1.76. The van der Waals surface area contributed by atoms with E-state index in [4.69, 9.17) is 4.74 Å². The van der Waals surface area contributed by atoms with Crippen molar-refractivity contribution in [3.05, 3.63) is 35.9 Å². The smallest absolute Gasteiger partial charge is 0.323 e. The Bertz CT molecular complexity index is 445. The van der Waals surface area contributed by atoms with Gasteiger partial charge in [0.05, 0.1) is 6.61 Å². The molecule has 3 rings (SSSR count). The molecule has 0 amide bonds. The van der Waals surface area contributed by atoms with E-state index in [1.54, 1.807) is 0 Å². The summed E-state index contributed by atoms with van der Waals surface area (Å²) in [5, 5.41) is 0. The lowest BCUT2D eigenvalue weighted by Crippen LogP contribution is -2.46. The predicted octanol–water partition coefficient (Wildman–Crippen LogP) is 2.60. The molecule has 3 heteroatoms. The third kappa shape index (κ3) is 2.39. The second-order valence-corrected chi connectivity index (χ2v) is 5.58. The summed E-state index contributed by atoms with van der Waals surface area (Å²) in [6, 6.07) is 11.0. The fraction of sp³-hybridized carbons (Fsp3) is 0.562. The van der Waals surface area contributed by atoms with Gasteiger partial charge in [-0.2, -0.15) is 0 Å². The van der Waals surface area contributed by atoms with Crippen LogP contribution in [0.3, 0.4) is 0 Å². The summed E-state index contributed by atoms with van der Waals surface area (Å²) in [6.45, 7) is 3.23. The fourth-order valence-electron chi connectivity index (χ4n) is 3.65. The molecule has 0 spiro atoms. The quantitative estimate of drug-likeness (QED) is 0.778. The number of benzene rings is 1. The third-order valence-corrected chi connectivity index (χ3v) is 4.45. The zero-order valence-electron chi connectivity index (χ0n) is 11.4. The van der Waals surface area contributed by atoms with E-state index in [9.17, 15) is 4.79 Å². The first kappa shape index (κ1) is 12.7. The molecule has 0 aromatic heterocycles. The molecule has 19 heavy (non-hydrogen) atoms. The topological polar surface area (TPSA) is 29.5 Å². The number of fused-ring (bicyclic) bond motifs is 2. The molecule has 1 saturated heterocycles. The normalized spacial score (nSPS) is 29.6. The number of esters is 1. The molecule has 1 heterocycles. The Labute approximate surface area is 114 Å². The number of ether oxygens (including phenoxy) is 1. The molecule has 1 aliphatic carbocycles. The SMILES string of the molecule is CCOC(=O)[C@@H]1[C@@H]2CC[C@@H](C2)N1Cc1ccccc1. The van der Waals surface area contributed by atoms with Gasteiger partial charge in [-0.15, -0.1) is 0 Å². The van der Waals surface area contributed by atoms with Gasteiger partial charge in [-0.25, -0.2) is 0 Å². The van der Waals surface area contributed by atoms with Crippen molar-refractivity contribution in [2.75, 3.05) is 6.61 Å². The number of hydrogen-bond acceptors (Lipinski definition) is 3. The molecule has 2 bridgehead atoms. The summed E-state index contributed by atoms with van der Waals surface area (Å²) in [5.41, 5.74) is 1.28. The first-order valence-electron chi connectivity index (χ1n) is 7.26. The standard InChI is InChI=1S/C16H21NO2/c1-2-19-16(18)15-13-8-9-14(10-13)17(15)11-12-6-4-3-5-7-12/h3-7,13-15H,2,8-11H2,1H3/t13-,14+,15+/m1/s1. The van der Waals surface area contributed by atoms with Crippen LogP contribution >= 0.6 is 0 Å². The highest BCUT2D eigenvalue weighted by molar-refractivity contribution is 5.77. The average molecular weight is 259 g/mol. The Kier molecular flexibility index (Phi) is 3.56. The Morgan fingerprint density at radius 3 is 2.84 bits per heavy atom. The molecular weight excluding hydrogens is 238 g/mol. The highest BCUT2D eigenvalue weighted by atomic mass is 16.5. The van der Waals surface area contributed by atoms with Crippen molar-refractivity contribution in [2.24, 2.45) is 5.92 Å². The van der Waals surface area contributed by atoms with Gasteiger partial charge in [0.25, 0.3) is 0 Å². The molecule has 3 nitrogen and oxygen atoms in total. The van der Waals surface area contributed by atoms with E-state index >= 15 is 0 Å². The van der Waals surface area contributed by atoms with Crippen LogP contribution in [-0.4, -0.2) is 29.6 Å². The van der Waals surface area contributed by atoms with Crippen molar-refractivity contribution in [1.29, 1.82) is 0 Å². The van der Waals surface area contributed by atoms with Gasteiger partial charge in [0.15, 0.2) is 0 Å². The summed E-state index contributed by atoms with van der Waals surface area (Å²) in [4.78, 5) is 14.5. The van der Waals surface area contributed by atoms with E-state index in [1.165, 1.54) is 18.4 Å². The fourth-order valence-corrected chi connectivity index (χ4v) is 3.65. The van der Waals surface area contributed by atoms with Crippen LogP contribution in [0.25, 0.3) is 0 Å². The van der Waals surface area contributed by atoms with E-state index in [-0.39, 0.29) is 12.0 Å². The van der Waals surface area contributed by atoms with Crippen molar-refractivity contribution in [1.82, 2.24) is 4.90 Å². The maximum absolute atomic E-state index is 12.2. The zero-order valence-corrected chi connectivity index (χ0v) is 11.4. The molecule has 1 aromatic carbocycles. The molecule has 1 aromatic rings. The second kappa shape index (κ2) is 5.33. The zero-order chi connectivity index (χ0) is 13.2. The van der Waals surface area contributed by atoms with Crippen LogP contribution in [0.1, 0.15) is 31.7 Å². The van der Waals surface area contributed by atoms with Crippen molar-refractivity contribution < 1.29 is 9.53 Å². The highest BCUT2D eigenvalue weighted by Gasteiger charge is 2.49. The van der Waals surface area contributed by atoms with E-state index in [0.29, 0.717) is 18.6 Å². The average Bonchev–Trinajstić information content (AvgIpc) is 3.01. The van der Waals surface area contributed by atoms with Crippen LogP contribution in [0, 0.1) is 5.92 Å². The van der Waals surface area contributed by atoms with E-state index in [2.05, 4.69) is 29.2 Å².